The summed E-state index contributed by atoms with van der Waals surface area (Å²) in [6.45, 7) is -0.349. The van der Waals surface area contributed by atoms with Crippen LogP contribution in [0.2, 0.25) is 0 Å². The Hall–Kier alpha value is -2.01. The fourth-order valence-corrected chi connectivity index (χ4v) is 1.80. The summed E-state index contributed by atoms with van der Waals surface area (Å²) in [6, 6.07) is 5.83. The number of hydrogen-bond donors (Lipinski definition) is 1. The Balaban J connectivity index is 2.66. The number of halogens is 3. The van der Waals surface area contributed by atoms with Gasteiger partial charge in [0.1, 0.15) is 11.6 Å². The number of benzene rings is 2. The molecule has 19 heavy (non-hydrogen) atoms. The van der Waals surface area contributed by atoms with Gasteiger partial charge in [0.2, 0.25) is 0 Å². The standard InChI is InChI=1S/C14H11F3O2/c1-19-9-3-2-8(7-18)10(4-9)11-5-13(16)14(17)6-12(11)15/h2-6,18H,7H2,1H3. The third kappa shape index (κ3) is 2.56. The Labute approximate surface area is 108 Å². The summed E-state index contributed by atoms with van der Waals surface area (Å²) in [6.07, 6.45) is 0. The van der Waals surface area contributed by atoms with Gasteiger partial charge in [-0.25, -0.2) is 13.2 Å². The Morgan fingerprint density at radius 1 is 0.947 bits per heavy atom. The van der Waals surface area contributed by atoms with Crippen molar-refractivity contribution in [1.29, 1.82) is 0 Å². The van der Waals surface area contributed by atoms with E-state index in [0.717, 1.165) is 6.07 Å². The van der Waals surface area contributed by atoms with Crippen LogP contribution in [0.4, 0.5) is 13.2 Å². The average molecular weight is 268 g/mol. The highest BCUT2D eigenvalue weighted by Crippen LogP contribution is 2.31. The van der Waals surface area contributed by atoms with Crippen LogP contribution in [0.1, 0.15) is 5.56 Å². The smallest absolute Gasteiger partial charge is 0.161 e. The first-order valence-electron chi connectivity index (χ1n) is 5.49. The maximum Gasteiger partial charge on any atom is 0.161 e. The number of aliphatic hydroxyl groups excluding tert-OH is 1. The van der Waals surface area contributed by atoms with Gasteiger partial charge in [-0.05, 0) is 29.3 Å². The van der Waals surface area contributed by atoms with Crippen LogP contribution < -0.4 is 4.74 Å². The summed E-state index contributed by atoms with van der Waals surface area (Å²) in [5.74, 6) is -2.88. The summed E-state index contributed by atoms with van der Waals surface area (Å²) in [5, 5.41) is 9.23. The van der Waals surface area contributed by atoms with Crippen molar-refractivity contribution in [3.05, 3.63) is 53.3 Å². The zero-order chi connectivity index (χ0) is 14.0. The summed E-state index contributed by atoms with van der Waals surface area (Å²) in [5.41, 5.74) is 0.533. The molecule has 0 saturated heterocycles. The number of hydrogen-bond acceptors (Lipinski definition) is 2. The Bertz CT molecular complexity index is 612. The lowest BCUT2D eigenvalue weighted by molar-refractivity contribution is 0.282. The van der Waals surface area contributed by atoms with Crippen molar-refractivity contribution in [3.63, 3.8) is 0 Å². The zero-order valence-corrected chi connectivity index (χ0v) is 10.1. The summed E-state index contributed by atoms with van der Waals surface area (Å²) in [7, 11) is 1.43. The molecule has 2 nitrogen and oxygen atoms in total. The fourth-order valence-electron chi connectivity index (χ4n) is 1.80. The molecule has 0 heterocycles. The van der Waals surface area contributed by atoms with E-state index >= 15 is 0 Å². The van der Waals surface area contributed by atoms with E-state index < -0.39 is 17.5 Å². The first-order chi connectivity index (χ1) is 9.06. The Kier molecular flexibility index (Phi) is 3.76. The van der Waals surface area contributed by atoms with Crippen LogP contribution in [0.5, 0.6) is 5.75 Å². The predicted octanol–water partition coefficient (Wildman–Crippen LogP) is 3.27. The second kappa shape index (κ2) is 5.32. The largest absolute Gasteiger partial charge is 0.497 e. The molecule has 0 aliphatic rings. The van der Waals surface area contributed by atoms with Crippen LogP contribution in [0, 0.1) is 17.5 Å². The second-order valence-electron chi connectivity index (χ2n) is 3.93. The molecule has 0 aliphatic carbocycles. The molecule has 5 heteroatoms. The molecule has 0 saturated carbocycles. The van der Waals surface area contributed by atoms with E-state index in [0.29, 0.717) is 17.4 Å². The lowest BCUT2D eigenvalue weighted by Gasteiger charge is -2.11. The summed E-state index contributed by atoms with van der Waals surface area (Å²) >= 11 is 0. The molecular weight excluding hydrogens is 257 g/mol. The molecule has 0 spiro atoms. The normalized spacial score (nSPS) is 10.6. The number of aliphatic hydroxyl groups is 1. The van der Waals surface area contributed by atoms with Gasteiger partial charge in [0.15, 0.2) is 11.6 Å². The molecule has 1 N–H and O–H groups in total. The van der Waals surface area contributed by atoms with Crippen LogP contribution in [-0.2, 0) is 6.61 Å². The molecule has 0 amide bonds. The molecule has 100 valence electrons. The van der Waals surface area contributed by atoms with Gasteiger partial charge in [0.05, 0.1) is 13.7 Å². The van der Waals surface area contributed by atoms with Crippen molar-refractivity contribution >= 4 is 0 Å². The van der Waals surface area contributed by atoms with Crippen LogP contribution in [0.15, 0.2) is 30.3 Å². The van der Waals surface area contributed by atoms with Crippen molar-refractivity contribution in [1.82, 2.24) is 0 Å². The van der Waals surface area contributed by atoms with Crippen molar-refractivity contribution in [2.45, 2.75) is 6.61 Å². The van der Waals surface area contributed by atoms with Crippen LogP contribution >= 0.6 is 0 Å². The second-order valence-corrected chi connectivity index (χ2v) is 3.93. The molecule has 2 aromatic carbocycles. The van der Waals surface area contributed by atoms with E-state index in [-0.39, 0.29) is 17.7 Å². The van der Waals surface area contributed by atoms with Crippen LogP contribution in [0.25, 0.3) is 11.1 Å². The highest BCUT2D eigenvalue weighted by Gasteiger charge is 2.15. The van der Waals surface area contributed by atoms with Gasteiger partial charge in [-0.1, -0.05) is 6.07 Å². The Morgan fingerprint density at radius 2 is 1.63 bits per heavy atom. The molecule has 0 radical (unpaired) electrons. The van der Waals surface area contributed by atoms with Crippen molar-refractivity contribution in [2.75, 3.05) is 7.11 Å². The maximum atomic E-state index is 13.7. The minimum atomic E-state index is -1.25. The first kappa shape index (κ1) is 13.4. The van der Waals surface area contributed by atoms with Gasteiger partial charge in [-0.2, -0.15) is 0 Å². The first-order valence-corrected chi connectivity index (χ1v) is 5.49. The molecule has 0 fully saturated rings. The van der Waals surface area contributed by atoms with E-state index in [2.05, 4.69) is 0 Å². The van der Waals surface area contributed by atoms with Gasteiger partial charge < -0.3 is 9.84 Å². The quantitative estimate of drug-likeness (QED) is 0.866. The lowest BCUT2D eigenvalue weighted by atomic mass is 9.99. The minimum Gasteiger partial charge on any atom is -0.497 e. The molecule has 0 unspecified atom stereocenters. The monoisotopic (exact) mass is 268 g/mol. The average Bonchev–Trinajstić information content (AvgIpc) is 2.42. The summed E-state index contributed by atoms with van der Waals surface area (Å²) in [4.78, 5) is 0. The number of rotatable bonds is 3. The van der Waals surface area contributed by atoms with E-state index in [1.807, 2.05) is 0 Å². The van der Waals surface area contributed by atoms with Crippen LogP contribution in [0.3, 0.4) is 0 Å². The SMILES string of the molecule is COc1ccc(CO)c(-c2cc(F)c(F)cc2F)c1. The summed E-state index contributed by atoms with van der Waals surface area (Å²) < 4.78 is 44.9. The molecule has 0 aromatic heterocycles. The zero-order valence-electron chi connectivity index (χ0n) is 10.1. The van der Waals surface area contributed by atoms with Crippen molar-refractivity contribution in [3.8, 4) is 16.9 Å². The van der Waals surface area contributed by atoms with Gasteiger partial charge in [0.25, 0.3) is 0 Å². The molecular formula is C14H11F3O2. The lowest BCUT2D eigenvalue weighted by Crippen LogP contribution is -1.96. The van der Waals surface area contributed by atoms with Crippen molar-refractivity contribution < 1.29 is 23.0 Å². The van der Waals surface area contributed by atoms with Gasteiger partial charge in [-0.3, -0.25) is 0 Å². The highest BCUT2D eigenvalue weighted by atomic mass is 19.2. The van der Waals surface area contributed by atoms with Crippen molar-refractivity contribution in [2.24, 2.45) is 0 Å². The Morgan fingerprint density at radius 3 is 2.26 bits per heavy atom. The molecule has 2 aromatic rings. The molecule has 0 aliphatic heterocycles. The van der Waals surface area contributed by atoms with Crippen LogP contribution in [-0.4, -0.2) is 12.2 Å². The minimum absolute atomic E-state index is 0.123. The predicted molar refractivity (Wildman–Crippen MR) is 64.2 cm³/mol. The molecule has 2 rings (SSSR count). The maximum absolute atomic E-state index is 13.7. The topological polar surface area (TPSA) is 29.5 Å². The molecule has 0 atom stereocenters. The van der Waals surface area contributed by atoms with E-state index in [9.17, 15) is 18.3 Å². The van der Waals surface area contributed by atoms with E-state index in [1.165, 1.54) is 19.2 Å². The number of ether oxygens (including phenoxy) is 1. The van der Waals surface area contributed by atoms with Gasteiger partial charge in [-0.15, -0.1) is 0 Å². The number of methoxy groups -OCH3 is 1. The highest BCUT2D eigenvalue weighted by molar-refractivity contribution is 5.69. The van der Waals surface area contributed by atoms with Gasteiger partial charge in [0, 0.05) is 11.6 Å². The van der Waals surface area contributed by atoms with E-state index in [4.69, 9.17) is 4.74 Å². The third-order valence-corrected chi connectivity index (χ3v) is 2.79. The third-order valence-electron chi connectivity index (χ3n) is 2.79. The van der Waals surface area contributed by atoms with E-state index in [1.54, 1.807) is 6.07 Å². The molecule has 0 bridgehead atoms. The van der Waals surface area contributed by atoms with Gasteiger partial charge >= 0.3 is 0 Å². The fraction of sp³-hybridized carbons (Fsp3) is 0.143.